The van der Waals surface area contributed by atoms with Gasteiger partial charge >= 0.3 is 0 Å². The maximum absolute atomic E-state index is 6.50. The van der Waals surface area contributed by atoms with Gasteiger partial charge in [-0.05, 0) is 42.4 Å². The van der Waals surface area contributed by atoms with Crippen molar-refractivity contribution in [2.45, 2.75) is 32.2 Å². The number of nitrogens with two attached hydrogens (primary N) is 1. The van der Waals surface area contributed by atoms with E-state index in [0.717, 1.165) is 11.4 Å². The summed E-state index contributed by atoms with van der Waals surface area (Å²) in [6.45, 7) is 2.33. The molecule has 0 spiro atoms. The quantitative estimate of drug-likeness (QED) is 0.869. The SMILES string of the molecule is CC1CCC(C(N)c2cccc3ncccc23)C1. The first-order valence-corrected chi connectivity index (χ1v) is 6.85. The molecule has 3 atom stereocenters. The average molecular weight is 240 g/mol. The topological polar surface area (TPSA) is 38.9 Å². The van der Waals surface area contributed by atoms with Crippen molar-refractivity contribution in [2.24, 2.45) is 17.6 Å². The standard InChI is InChI=1S/C16H20N2/c1-11-7-8-12(10-11)16(17)14-4-2-6-15-13(14)5-3-9-18-15/h2-6,9,11-12,16H,7-8,10,17H2,1H3. The predicted octanol–water partition coefficient (Wildman–Crippen LogP) is 3.67. The number of pyridine rings is 1. The maximum atomic E-state index is 6.50. The molecule has 3 rings (SSSR count). The van der Waals surface area contributed by atoms with E-state index < -0.39 is 0 Å². The zero-order valence-electron chi connectivity index (χ0n) is 10.8. The molecule has 0 radical (unpaired) electrons. The molecule has 1 saturated carbocycles. The highest BCUT2D eigenvalue weighted by Gasteiger charge is 2.28. The molecule has 1 fully saturated rings. The lowest BCUT2D eigenvalue weighted by Gasteiger charge is -2.21. The number of hydrogen-bond acceptors (Lipinski definition) is 2. The molecule has 2 aromatic rings. The molecule has 94 valence electrons. The van der Waals surface area contributed by atoms with E-state index in [-0.39, 0.29) is 6.04 Å². The first-order chi connectivity index (χ1) is 8.75. The van der Waals surface area contributed by atoms with Crippen LogP contribution < -0.4 is 5.73 Å². The molecule has 18 heavy (non-hydrogen) atoms. The van der Waals surface area contributed by atoms with E-state index in [9.17, 15) is 0 Å². The molecule has 1 aromatic carbocycles. The van der Waals surface area contributed by atoms with E-state index in [0.29, 0.717) is 5.92 Å². The van der Waals surface area contributed by atoms with Crippen molar-refractivity contribution in [1.29, 1.82) is 0 Å². The van der Waals surface area contributed by atoms with Gasteiger partial charge in [-0.25, -0.2) is 0 Å². The van der Waals surface area contributed by atoms with Crippen LogP contribution in [0.25, 0.3) is 10.9 Å². The first-order valence-electron chi connectivity index (χ1n) is 6.85. The zero-order valence-corrected chi connectivity index (χ0v) is 10.8. The molecule has 1 aromatic heterocycles. The van der Waals surface area contributed by atoms with Gasteiger partial charge in [0, 0.05) is 17.6 Å². The minimum atomic E-state index is 0.155. The fraction of sp³-hybridized carbons (Fsp3) is 0.438. The summed E-state index contributed by atoms with van der Waals surface area (Å²) in [7, 11) is 0. The highest BCUT2D eigenvalue weighted by atomic mass is 14.7. The Kier molecular flexibility index (Phi) is 3.04. The average Bonchev–Trinajstić information content (AvgIpc) is 2.84. The van der Waals surface area contributed by atoms with Gasteiger partial charge in [0.1, 0.15) is 0 Å². The summed E-state index contributed by atoms with van der Waals surface area (Å²) in [6.07, 6.45) is 5.69. The molecule has 2 nitrogen and oxygen atoms in total. The minimum Gasteiger partial charge on any atom is -0.324 e. The number of fused-ring (bicyclic) bond motifs is 1. The fourth-order valence-electron chi connectivity index (χ4n) is 3.25. The molecule has 0 bridgehead atoms. The van der Waals surface area contributed by atoms with Crippen LogP contribution in [0.2, 0.25) is 0 Å². The lowest BCUT2D eigenvalue weighted by Crippen LogP contribution is -2.19. The van der Waals surface area contributed by atoms with Gasteiger partial charge in [0.2, 0.25) is 0 Å². The van der Waals surface area contributed by atoms with Crippen molar-refractivity contribution >= 4 is 10.9 Å². The van der Waals surface area contributed by atoms with Crippen LogP contribution in [-0.2, 0) is 0 Å². The zero-order chi connectivity index (χ0) is 12.5. The molecule has 0 amide bonds. The molecule has 3 unspecified atom stereocenters. The Morgan fingerprint density at radius 3 is 2.89 bits per heavy atom. The minimum absolute atomic E-state index is 0.155. The first kappa shape index (κ1) is 11.7. The van der Waals surface area contributed by atoms with Crippen LogP contribution >= 0.6 is 0 Å². The van der Waals surface area contributed by atoms with Crippen LogP contribution in [0.15, 0.2) is 36.5 Å². The van der Waals surface area contributed by atoms with Crippen LogP contribution in [0, 0.1) is 11.8 Å². The molecule has 2 heteroatoms. The van der Waals surface area contributed by atoms with Crippen LogP contribution in [0.4, 0.5) is 0 Å². The number of benzene rings is 1. The molecular formula is C16H20N2. The van der Waals surface area contributed by atoms with E-state index in [1.165, 1.54) is 30.2 Å². The van der Waals surface area contributed by atoms with Crippen molar-refractivity contribution in [2.75, 3.05) is 0 Å². The maximum Gasteiger partial charge on any atom is 0.0705 e. The Hall–Kier alpha value is -1.41. The van der Waals surface area contributed by atoms with E-state index in [1.807, 2.05) is 12.3 Å². The predicted molar refractivity (Wildman–Crippen MR) is 75.2 cm³/mol. The molecule has 1 heterocycles. The van der Waals surface area contributed by atoms with E-state index >= 15 is 0 Å². The molecule has 0 saturated heterocycles. The second-order valence-electron chi connectivity index (χ2n) is 5.62. The number of aromatic nitrogens is 1. The number of rotatable bonds is 2. The summed E-state index contributed by atoms with van der Waals surface area (Å²) in [5.74, 6) is 1.46. The molecular weight excluding hydrogens is 220 g/mol. The molecule has 1 aliphatic carbocycles. The fourth-order valence-corrected chi connectivity index (χ4v) is 3.25. The summed E-state index contributed by atoms with van der Waals surface area (Å²) in [6, 6.07) is 10.6. The second kappa shape index (κ2) is 4.69. The van der Waals surface area contributed by atoms with Gasteiger partial charge in [-0.2, -0.15) is 0 Å². The van der Waals surface area contributed by atoms with Gasteiger partial charge in [0.25, 0.3) is 0 Å². The van der Waals surface area contributed by atoms with Crippen molar-refractivity contribution in [3.63, 3.8) is 0 Å². The monoisotopic (exact) mass is 240 g/mol. The third kappa shape index (κ3) is 2.01. The van der Waals surface area contributed by atoms with Gasteiger partial charge < -0.3 is 5.73 Å². The van der Waals surface area contributed by atoms with E-state index in [4.69, 9.17) is 5.73 Å². The van der Waals surface area contributed by atoms with Gasteiger partial charge in [-0.15, -0.1) is 0 Å². The van der Waals surface area contributed by atoms with E-state index in [1.54, 1.807) is 0 Å². The van der Waals surface area contributed by atoms with Crippen molar-refractivity contribution in [3.05, 3.63) is 42.1 Å². The number of hydrogen-bond donors (Lipinski definition) is 1. The van der Waals surface area contributed by atoms with Crippen molar-refractivity contribution in [1.82, 2.24) is 4.98 Å². The van der Waals surface area contributed by atoms with Crippen molar-refractivity contribution < 1.29 is 0 Å². The summed E-state index contributed by atoms with van der Waals surface area (Å²) in [5.41, 5.74) is 8.82. The smallest absolute Gasteiger partial charge is 0.0705 e. The Labute approximate surface area is 108 Å². The summed E-state index contributed by atoms with van der Waals surface area (Å²) in [4.78, 5) is 4.41. The lowest BCUT2D eigenvalue weighted by molar-refractivity contribution is 0.430. The summed E-state index contributed by atoms with van der Waals surface area (Å²) in [5, 5.41) is 1.21. The Bertz CT molecular complexity index is 544. The van der Waals surface area contributed by atoms with Crippen LogP contribution in [-0.4, -0.2) is 4.98 Å². The second-order valence-corrected chi connectivity index (χ2v) is 5.62. The van der Waals surface area contributed by atoms with E-state index in [2.05, 4.69) is 36.2 Å². The third-order valence-corrected chi connectivity index (χ3v) is 4.28. The molecule has 1 aliphatic rings. The van der Waals surface area contributed by atoms with Gasteiger partial charge in [-0.1, -0.05) is 31.5 Å². The Balaban J connectivity index is 1.98. The van der Waals surface area contributed by atoms with Crippen molar-refractivity contribution in [3.8, 4) is 0 Å². The Morgan fingerprint density at radius 1 is 1.22 bits per heavy atom. The highest BCUT2D eigenvalue weighted by molar-refractivity contribution is 5.82. The van der Waals surface area contributed by atoms with Gasteiger partial charge in [0.15, 0.2) is 0 Å². The highest BCUT2D eigenvalue weighted by Crippen LogP contribution is 2.39. The summed E-state index contributed by atoms with van der Waals surface area (Å²) < 4.78 is 0. The normalized spacial score (nSPS) is 25.4. The number of nitrogens with zero attached hydrogens (tertiary/aromatic N) is 1. The van der Waals surface area contributed by atoms with Gasteiger partial charge in [-0.3, -0.25) is 4.98 Å². The van der Waals surface area contributed by atoms with Gasteiger partial charge in [0.05, 0.1) is 5.52 Å². The molecule has 0 aliphatic heterocycles. The van der Waals surface area contributed by atoms with Crippen LogP contribution in [0.1, 0.15) is 37.8 Å². The largest absolute Gasteiger partial charge is 0.324 e. The summed E-state index contributed by atoms with van der Waals surface area (Å²) >= 11 is 0. The third-order valence-electron chi connectivity index (χ3n) is 4.28. The van der Waals surface area contributed by atoms with Crippen LogP contribution in [0.3, 0.4) is 0 Å². The molecule has 2 N–H and O–H groups in total. The van der Waals surface area contributed by atoms with Crippen LogP contribution in [0.5, 0.6) is 0 Å². The Morgan fingerprint density at radius 2 is 2.11 bits per heavy atom. The lowest BCUT2D eigenvalue weighted by atomic mass is 9.89.